The highest BCUT2D eigenvalue weighted by Crippen LogP contribution is 2.11. The molecule has 4 nitrogen and oxygen atoms in total. The van der Waals surface area contributed by atoms with Crippen molar-refractivity contribution in [2.45, 2.75) is 26.7 Å². The third kappa shape index (κ3) is 4.31. The number of hydrogen-bond donors (Lipinski definition) is 0. The van der Waals surface area contributed by atoms with E-state index in [2.05, 4.69) is 13.8 Å². The molecule has 2 rings (SSSR count). The minimum absolute atomic E-state index is 0.0601. The Kier molecular flexibility index (Phi) is 5.37. The van der Waals surface area contributed by atoms with Crippen LogP contribution in [0.1, 0.15) is 37.0 Å². The summed E-state index contributed by atoms with van der Waals surface area (Å²) < 4.78 is 0. The van der Waals surface area contributed by atoms with Crippen molar-refractivity contribution in [1.29, 1.82) is 0 Å². The van der Waals surface area contributed by atoms with Gasteiger partial charge in [-0.2, -0.15) is 0 Å². The summed E-state index contributed by atoms with van der Waals surface area (Å²) in [6.07, 6.45) is 1.55. The van der Waals surface area contributed by atoms with E-state index in [0.717, 1.165) is 12.0 Å². The van der Waals surface area contributed by atoms with E-state index in [4.69, 9.17) is 0 Å². The van der Waals surface area contributed by atoms with Gasteiger partial charge in [0.1, 0.15) is 0 Å². The van der Waals surface area contributed by atoms with Gasteiger partial charge in [-0.25, -0.2) is 0 Å². The zero-order valence-electron chi connectivity index (χ0n) is 12.9. The lowest BCUT2D eigenvalue weighted by Gasteiger charge is -2.35. The van der Waals surface area contributed by atoms with Crippen molar-refractivity contribution < 1.29 is 9.59 Å². The van der Waals surface area contributed by atoms with Gasteiger partial charge in [0.2, 0.25) is 5.91 Å². The van der Waals surface area contributed by atoms with Crippen LogP contribution in [0.5, 0.6) is 0 Å². The minimum Gasteiger partial charge on any atom is -0.339 e. The summed E-state index contributed by atoms with van der Waals surface area (Å²) in [5.74, 6) is 0.829. The summed E-state index contributed by atoms with van der Waals surface area (Å²) in [5.41, 5.74) is 0.720. The Bertz CT molecular complexity index is 477. The van der Waals surface area contributed by atoms with Gasteiger partial charge in [0.15, 0.2) is 0 Å². The number of carbonyl (C=O) groups is 2. The molecule has 114 valence electrons. The molecular weight excluding hydrogens is 264 g/mol. The van der Waals surface area contributed by atoms with Crippen molar-refractivity contribution >= 4 is 11.8 Å². The first-order valence-electron chi connectivity index (χ1n) is 7.70. The first kappa shape index (κ1) is 15.5. The number of rotatable bonds is 4. The van der Waals surface area contributed by atoms with E-state index in [1.54, 1.807) is 0 Å². The van der Waals surface area contributed by atoms with E-state index in [9.17, 15) is 9.59 Å². The molecule has 0 bridgehead atoms. The summed E-state index contributed by atoms with van der Waals surface area (Å²) in [5, 5.41) is 0. The number of piperazine rings is 1. The molecule has 0 aliphatic carbocycles. The molecule has 21 heavy (non-hydrogen) atoms. The van der Waals surface area contributed by atoms with Crippen LogP contribution in [-0.4, -0.2) is 47.8 Å². The Morgan fingerprint density at radius 3 is 2.14 bits per heavy atom. The van der Waals surface area contributed by atoms with E-state index >= 15 is 0 Å². The van der Waals surface area contributed by atoms with Crippen molar-refractivity contribution in [2.75, 3.05) is 26.2 Å². The molecular formula is C17H24N2O2. The Labute approximate surface area is 126 Å². The fourth-order valence-corrected chi connectivity index (χ4v) is 2.49. The van der Waals surface area contributed by atoms with Gasteiger partial charge in [-0.3, -0.25) is 9.59 Å². The molecule has 2 amide bonds. The molecule has 1 aromatic carbocycles. The number of carbonyl (C=O) groups excluding carboxylic acids is 2. The number of hydrogen-bond acceptors (Lipinski definition) is 2. The SMILES string of the molecule is CC(C)CCC(=O)N1CCN(C(=O)c2ccccc2)CC1. The average Bonchev–Trinajstić information content (AvgIpc) is 2.53. The van der Waals surface area contributed by atoms with Crippen LogP contribution in [0.15, 0.2) is 30.3 Å². The quantitative estimate of drug-likeness (QED) is 0.853. The second-order valence-electron chi connectivity index (χ2n) is 5.97. The standard InChI is InChI=1S/C17H24N2O2/c1-14(2)8-9-16(20)18-10-12-19(13-11-18)17(21)15-6-4-3-5-7-15/h3-7,14H,8-13H2,1-2H3. The van der Waals surface area contributed by atoms with Crippen molar-refractivity contribution in [2.24, 2.45) is 5.92 Å². The summed E-state index contributed by atoms with van der Waals surface area (Å²) in [6, 6.07) is 9.32. The lowest BCUT2D eigenvalue weighted by Crippen LogP contribution is -2.50. The molecule has 0 N–H and O–H groups in total. The second kappa shape index (κ2) is 7.25. The maximum atomic E-state index is 12.3. The van der Waals surface area contributed by atoms with Gasteiger partial charge in [-0.15, -0.1) is 0 Å². The van der Waals surface area contributed by atoms with E-state index in [1.807, 2.05) is 40.1 Å². The Balaban J connectivity index is 1.83. The summed E-state index contributed by atoms with van der Waals surface area (Å²) in [4.78, 5) is 28.1. The number of benzene rings is 1. The largest absolute Gasteiger partial charge is 0.339 e. The summed E-state index contributed by atoms with van der Waals surface area (Å²) in [6.45, 7) is 6.81. The Hall–Kier alpha value is -1.84. The number of nitrogens with zero attached hydrogens (tertiary/aromatic N) is 2. The predicted molar refractivity (Wildman–Crippen MR) is 83.0 cm³/mol. The first-order chi connectivity index (χ1) is 10.1. The molecule has 1 aliphatic heterocycles. The van der Waals surface area contributed by atoms with Crippen molar-refractivity contribution in [3.05, 3.63) is 35.9 Å². The minimum atomic E-state index is 0.0601. The topological polar surface area (TPSA) is 40.6 Å². The van der Waals surface area contributed by atoms with Crippen LogP contribution < -0.4 is 0 Å². The Morgan fingerprint density at radius 2 is 1.57 bits per heavy atom. The lowest BCUT2D eigenvalue weighted by atomic mass is 10.1. The molecule has 0 aromatic heterocycles. The first-order valence-corrected chi connectivity index (χ1v) is 7.70. The third-order valence-electron chi connectivity index (χ3n) is 3.88. The van der Waals surface area contributed by atoms with Crippen molar-refractivity contribution in [1.82, 2.24) is 9.80 Å². The highest BCUT2D eigenvalue weighted by atomic mass is 16.2. The maximum Gasteiger partial charge on any atom is 0.253 e. The van der Waals surface area contributed by atoms with Crippen LogP contribution in [0.25, 0.3) is 0 Å². The normalized spacial score (nSPS) is 15.4. The molecule has 1 saturated heterocycles. The molecule has 4 heteroatoms. The molecule has 1 heterocycles. The smallest absolute Gasteiger partial charge is 0.253 e. The zero-order chi connectivity index (χ0) is 15.2. The van der Waals surface area contributed by atoms with Gasteiger partial charge in [0.25, 0.3) is 5.91 Å². The van der Waals surface area contributed by atoms with Gasteiger partial charge in [-0.05, 0) is 24.5 Å². The van der Waals surface area contributed by atoms with Gasteiger partial charge in [0.05, 0.1) is 0 Å². The molecule has 0 unspecified atom stereocenters. The van der Waals surface area contributed by atoms with Gasteiger partial charge < -0.3 is 9.80 Å². The third-order valence-corrected chi connectivity index (χ3v) is 3.88. The molecule has 0 radical (unpaired) electrons. The summed E-state index contributed by atoms with van der Waals surface area (Å²) >= 11 is 0. The highest BCUT2D eigenvalue weighted by Gasteiger charge is 2.24. The van der Waals surface area contributed by atoms with Crippen LogP contribution in [-0.2, 0) is 4.79 Å². The zero-order valence-corrected chi connectivity index (χ0v) is 12.9. The molecule has 1 aliphatic rings. The second-order valence-corrected chi connectivity index (χ2v) is 5.97. The lowest BCUT2D eigenvalue weighted by molar-refractivity contribution is -0.132. The molecule has 0 atom stereocenters. The van der Waals surface area contributed by atoms with Gasteiger partial charge in [-0.1, -0.05) is 32.0 Å². The average molecular weight is 288 g/mol. The maximum absolute atomic E-state index is 12.3. The fraction of sp³-hybridized carbons (Fsp3) is 0.529. The van der Waals surface area contributed by atoms with Gasteiger partial charge in [0, 0.05) is 38.2 Å². The van der Waals surface area contributed by atoms with Crippen LogP contribution in [0.2, 0.25) is 0 Å². The monoisotopic (exact) mass is 288 g/mol. The van der Waals surface area contributed by atoms with Crippen molar-refractivity contribution in [3.8, 4) is 0 Å². The van der Waals surface area contributed by atoms with Crippen LogP contribution in [0, 0.1) is 5.92 Å². The molecule has 0 spiro atoms. The fourth-order valence-electron chi connectivity index (χ4n) is 2.49. The van der Waals surface area contributed by atoms with Crippen molar-refractivity contribution in [3.63, 3.8) is 0 Å². The molecule has 0 saturated carbocycles. The number of amides is 2. The summed E-state index contributed by atoms with van der Waals surface area (Å²) in [7, 11) is 0. The van der Waals surface area contributed by atoms with E-state index < -0.39 is 0 Å². The Morgan fingerprint density at radius 1 is 1.00 bits per heavy atom. The van der Waals surface area contributed by atoms with Crippen LogP contribution in [0.4, 0.5) is 0 Å². The van der Waals surface area contributed by atoms with E-state index in [0.29, 0.717) is 38.5 Å². The molecule has 1 fully saturated rings. The van der Waals surface area contributed by atoms with Gasteiger partial charge >= 0.3 is 0 Å². The highest BCUT2D eigenvalue weighted by molar-refractivity contribution is 5.94. The van der Waals surface area contributed by atoms with Crippen LogP contribution >= 0.6 is 0 Å². The molecule has 1 aromatic rings. The predicted octanol–water partition coefficient (Wildman–Crippen LogP) is 2.41. The van der Waals surface area contributed by atoms with E-state index in [-0.39, 0.29) is 11.8 Å². The van der Waals surface area contributed by atoms with E-state index in [1.165, 1.54) is 0 Å². The van der Waals surface area contributed by atoms with Crippen LogP contribution in [0.3, 0.4) is 0 Å².